The maximum atomic E-state index is 10.9. The van der Waals surface area contributed by atoms with Crippen molar-refractivity contribution in [2.24, 2.45) is 0 Å². The molecule has 1 heterocycles. The summed E-state index contributed by atoms with van der Waals surface area (Å²) in [6, 6.07) is 5.47. The van der Waals surface area contributed by atoms with Crippen LogP contribution in [0.3, 0.4) is 0 Å². The first-order valence-electron chi connectivity index (χ1n) is 6.89. The quantitative estimate of drug-likeness (QED) is 0.602. The van der Waals surface area contributed by atoms with Crippen molar-refractivity contribution < 1.29 is 9.90 Å². The van der Waals surface area contributed by atoms with Crippen molar-refractivity contribution in [1.29, 1.82) is 0 Å². The molecule has 0 aliphatic carbocycles. The van der Waals surface area contributed by atoms with Crippen molar-refractivity contribution in [1.82, 2.24) is 4.90 Å². The van der Waals surface area contributed by atoms with Crippen LogP contribution in [0, 0.1) is 0 Å². The molecule has 0 fully saturated rings. The number of rotatable bonds is 7. The highest BCUT2D eigenvalue weighted by Crippen LogP contribution is 2.24. The van der Waals surface area contributed by atoms with Gasteiger partial charge >= 0.3 is 5.97 Å². The lowest BCUT2D eigenvalue weighted by atomic mass is 10.1. The van der Waals surface area contributed by atoms with Gasteiger partial charge in [0.2, 0.25) is 0 Å². The fourth-order valence-electron chi connectivity index (χ4n) is 2.56. The molecule has 0 amide bonds. The Morgan fingerprint density at radius 3 is 2.79 bits per heavy atom. The van der Waals surface area contributed by atoms with E-state index in [0.717, 1.165) is 26.1 Å². The van der Waals surface area contributed by atoms with E-state index in [1.807, 2.05) is 18.2 Å². The van der Waals surface area contributed by atoms with Crippen molar-refractivity contribution >= 4 is 5.97 Å². The smallest absolute Gasteiger partial charge is 0.335 e. The minimum atomic E-state index is -0.842. The van der Waals surface area contributed by atoms with Crippen molar-refractivity contribution in [3.63, 3.8) is 0 Å². The van der Waals surface area contributed by atoms with Crippen LogP contribution in [-0.4, -0.2) is 22.5 Å². The first-order valence-corrected chi connectivity index (χ1v) is 6.89. The lowest BCUT2D eigenvalue weighted by Gasteiger charge is -2.13. The summed E-state index contributed by atoms with van der Waals surface area (Å²) in [5.41, 5.74) is 2.84. The number of carbonyl (C=O) groups is 1. The van der Waals surface area contributed by atoms with Gasteiger partial charge < -0.3 is 5.11 Å². The van der Waals surface area contributed by atoms with Crippen LogP contribution in [0.15, 0.2) is 30.9 Å². The van der Waals surface area contributed by atoms with Gasteiger partial charge in [0, 0.05) is 13.1 Å². The number of hydrogen-bond acceptors (Lipinski definition) is 2. The van der Waals surface area contributed by atoms with E-state index in [4.69, 9.17) is 5.11 Å². The van der Waals surface area contributed by atoms with Gasteiger partial charge in [-0.3, -0.25) is 4.90 Å². The summed E-state index contributed by atoms with van der Waals surface area (Å²) in [7, 11) is 0. The molecule has 1 aliphatic heterocycles. The standard InChI is InChI=1S/C16H21NO2/c1-2-3-4-5-6-9-17-11-14-8-7-13(16(18)19)10-15(14)12-17/h2,7-8,10H,1,3-6,9,11-12H2,(H,18,19). The van der Waals surface area contributed by atoms with E-state index in [-0.39, 0.29) is 0 Å². The minimum absolute atomic E-state index is 0.395. The predicted octanol–water partition coefficient (Wildman–Crippen LogP) is 3.45. The normalized spacial score (nSPS) is 14.3. The summed E-state index contributed by atoms with van der Waals surface area (Å²) >= 11 is 0. The maximum Gasteiger partial charge on any atom is 0.335 e. The molecule has 1 aromatic carbocycles. The van der Waals surface area contributed by atoms with Crippen molar-refractivity contribution in [2.75, 3.05) is 6.54 Å². The second-order valence-corrected chi connectivity index (χ2v) is 5.14. The largest absolute Gasteiger partial charge is 0.478 e. The van der Waals surface area contributed by atoms with Crippen molar-refractivity contribution in [3.8, 4) is 0 Å². The third-order valence-corrected chi connectivity index (χ3v) is 3.62. The van der Waals surface area contributed by atoms with Gasteiger partial charge in [0.05, 0.1) is 5.56 Å². The summed E-state index contributed by atoms with van der Waals surface area (Å²) in [6.45, 7) is 6.66. The van der Waals surface area contributed by atoms with Gasteiger partial charge in [-0.25, -0.2) is 4.79 Å². The van der Waals surface area contributed by atoms with Crippen LogP contribution >= 0.6 is 0 Å². The highest BCUT2D eigenvalue weighted by molar-refractivity contribution is 5.87. The van der Waals surface area contributed by atoms with Crippen LogP contribution < -0.4 is 0 Å². The first-order chi connectivity index (χ1) is 9.20. The molecule has 0 atom stereocenters. The molecule has 1 aliphatic rings. The second-order valence-electron chi connectivity index (χ2n) is 5.14. The Labute approximate surface area is 114 Å². The Kier molecular flexibility index (Phi) is 4.74. The lowest BCUT2D eigenvalue weighted by Crippen LogP contribution is -2.17. The number of hydrogen-bond donors (Lipinski definition) is 1. The van der Waals surface area contributed by atoms with Gasteiger partial charge in [0.25, 0.3) is 0 Å². The zero-order valence-electron chi connectivity index (χ0n) is 11.3. The van der Waals surface area contributed by atoms with Crippen LogP contribution in [0.2, 0.25) is 0 Å². The zero-order chi connectivity index (χ0) is 13.7. The molecule has 0 bridgehead atoms. The highest BCUT2D eigenvalue weighted by atomic mass is 16.4. The van der Waals surface area contributed by atoms with E-state index in [1.165, 1.54) is 30.4 Å². The van der Waals surface area contributed by atoms with E-state index < -0.39 is 5.97 Å². The predicted molar refractivity (Wildman–Crippen MR) is 76.2 cm³/mol. The molecule has 19 heavy (non-hydrogen) atoms. The fraction of sp³-hybridized carbons (Fsp3) is 0.438. The van der Waals surface area contributed by atoms with Gasteiger partial charge in [-0.2, -0.15) is 0 Å². The molecule has 1 aromatic rings. The molecule has 0 aromatic heterocycles. The summed E-state index contributed by atoms with van der Waals surface area (Å²) in [5, 5.41) is 8.98. The van der Waals surface area contributed by atoms with E-state index in [2.05, 4.69) is 11.5 Å². The average Bonchev–Trinajstić information content (AvgIpc) is 2.80. The zero-order valence-corrected chi connectivity index (χ0v) is 11.3. The molecule has 0 unspecified atom stereocenters. The molecule has 102 valence electrons. The van der Waals surface area contributed by atoms with Crippen LogP contribution in [-0.2, 0) is 13.1 Å². The summed E-state index contributed by atoms with van der Waals surface area (Å²) in [5.74, 6) is -0.842. The van der Waals surface area contributed by atoms with E-state index in [0.29, 0.717) is 5.56 Å². The molecule has 2 rings (SSSR count). The van der Waals surface area contributed by atoms with Gasteiger partial charge in [-0.15, -0.1) is 6.58 Å². The van der Waals surface area contributed by atoms with Crippen LogP contribution in [0.4, 0.5) is 0 Å². The number of carboxylic acid groups (broad SMARTS) is 1. The number of aromatic carboxylic acids is 1. The SMILES string of the molecule is C=CCCCCCN1Cc2ccc(C(=O)O)cc2C1. The number of unbranched alkanes of at least 4 members (excludes halogenated alkanes) is 3. The Morgan fingerprint density at radius 2 is 2.05 bits per heavy atom. The molecule has 0 spiro atoms. The number of benzene rings is 1. The molecule has 3 nitrogen and oxygen atoms in total. The molecule has 0 saturated heterocycles. The van der Waals surface area contributed by atoms with Crippen LogP contribution in [0.25, 0.3) is 0 Å². The van der Waals surface area contributed by atoms with Crippen LogP contribution in [0.5, 0.6) is 0 Å². The third kappa shape index (κ3) is 3.67. The Hall–Kier alpha value is -1.61. The topological polar surface area (TPSA) is 40.5 Å². The van der Waals surface area contributed by atoms with E-state index >= 15 is 0 Å². The Bertz CT molecular complexity index is 468. The molecule has 0 saturated carbocycles. The number of fused-ring (bicyclic) bond motifs is 1. The lowest BCUT2D eigenvalue weighted by molar-refractivity contribution is 0.0696. The van der Waals surface area contributed by atoms with Crippen LogP contribution in [0.1, 0.15) is 47.2 Å². The van der Waals surface area contributed by atoms with Crippen molar-refractivity contribution in [3.05, 3.63) is 47.5 Å². The van der Waals surface area contributed by atoms with Gasteiger partial charge in [0.15, 0.2) is 0 Å². The molecular formula is C16H21NO2. The highest BCUT2D eigenvalue weighted by Gasteiger charge is 2.19. The minimum Gasteiger partial charge on any atom is -0.478 e. The van der Waals surface area contributed by atoms with Gasteiger partial charge in [0.1, 0.15) is 0 Å². The van der Waals surface area contributed by atoms with Gasteiger partial charge in [-0.05, 0) is 49.1 Å². The third-order valence-electron chi connectivity index (χ3n) is 3.62. The average molecular weight is 259 g/mol. The molecule has 1 N–H and O–H groups in total. The van der Waals surface area contributed by atoms with E-state index in [1.54, 1.807) is 6.07 Å². The molecular weight excluding hydrogens is 238 g/mol. The monoisotopic (exact) mass is 259 g/mol. The summed E-state index contributed by atoms with van der Waals surface area (Å²) < 4.78 is 0. The summed E-state index contributed by atoms with van der Waals surface area (Å²) in [4.78, 5) is 13.3. The fourth-order valence-corrected chi connectivity index (χ4v) is 2.56. The number of allylic oxidation sites excluding steroid dienone is 1. The van der Waals surface area contributed by atoms with Crippen molar-refractivity contribution in [2.45, 2.75) is 38.8 Å². The molecule has 0 radical (unpaired) electrons. The Morgan fingerprint density at radius 1 is 1.26 bits per heavy atom. The number of carboxylic acids is 1. The Balaban J connectivity index is 1.83. The first kappa shape index (κ1) is 13.8. The van der Waals surface area contributed by atoms with Gasteiger partial charge in [-0.1, -0.05) is 18.6 Å². The second kappa shape index (κ2) is 6.53. The molecule has 3 heteroatoms. The summed E-state index contributed by atoms with van der Waals surface area (Å²) in [6.07, 6.45) is 6.72. The van der Waals surface area contributed by atoms with E-state index in [9.17, 15) is 4.79 Å². The maximum absolute atomic E-state index is 10.9. The number of nitrogens with zero attached hydrogens (tertiary/aromatic N) is 1.